The maximum Gasteiger partial charge on any atom is 0.244 e. The van der Waals surface area contributed by atoms with E-state index >= 15 is 0 Å². The molecule has 0 saturated carbocycles. The minimum atomic E-state index is -3.74. The molecule has 122 valence electrons. The second-order valence-electron chi connectivity index (χ2n) is 4.98. The summed E-state index contributed by atoms with van der Waals surface area (Å²) in [5.74, 6) is 0. The van der Waals surface area contributed by atoms with E-state index in [4.69, 9.17) is 11.6 Å². The Morgan fingerprint density at radius 3 is 2.87 bits per heavy atom. The van der Waals surface area contributed by atoms with Gasteiger partial charge in [0.15, 0.2) is 0 Å². The van der Waals surface area contributed by atoms with Crippen molar-refractivity contribution in [1.82, 2.24) is 23.2 Å². The predicted molar refractivity (Wildman–Crippen MR) is 89.2 cm³/mol. The molecule has 0 spiro atoms. The first-order chi connectivity index (χ1) is 11.0. The van der Waals surface area contributed by atoms with Crippen LogP contribution in [0.25, 0.3) is 11.0 Å². The Bertz CT molecular complexity index is 935. The number of aryl methyl sites for hydroxylation is 2. The monoisotopic (exact) mass is 371 g/mol. The average Bonchev–Trinajstić information content (AvgIpc) is 3.11. The fourth-order valence-corrected chi connectivity index (χ4v) is 4.51. The highest BCUT2D eigenvalue weighted by molar-refractivity contribution is 7.89. The van der Waals surface area contributed by atoms with Crippen LogP contribution in [0.3, 0.4) is 0 Å². The van der Waals surface area contributed by atoms with Gasteiger partial charge in [0.25, 0.3) is 0 Å². The Morgan fingerprint density at radius 1 is 1.30 bits per heavy atom. The highest BCUT2D eigenvalue weighted by Crippen LogP contribution is 2.28. The molecule has 10 heteroatoms. The summed E-state index contributed by atoms with van der Waals surface area (Å²) in [6.07, 6.45) is 2.48. The van der Waals surface area contributed by atoms with Gasteiger partial charge in [0.2, 0.25) is 10.0 Å². The quantitative estimate of drug-likeness (QED) is 0.671. The molecule has 1 aromatic carbocycles. The molecule has 7 nitrogen and oxygen atoms in total. The Hall–Kier alpha value is -1.55. The van der Waals surface area contributed by atoms with Crippen LogP contribution >= 0.6 is 23.3 Å². The van der Waals surface area contributed by atoms with Crippen LogP contribution in [0.4, 0.5) is 0 Å². The second kappa shape index (κ2) is 6.52. The van der Waals surface area contributed by atoms with Crippen molar-refractivity contribution < 1.29 is 8.42 Å². The Morgan fingerprint density at radius 2 is 2.13 bits per heavy atom. The third kappa shape index (κ3) is 3.52. The molecule has 0 aliphatic carbocycles. The molecular weight excluding hydrogens is 358 g/mol. The average molecular weight is 372 g/mol. The van der Waals surface area contributed by atoms with Gasteiger partial charge in [-0.1, -0.05) is 11.6 Å². The first-order valence-electron chi connectivity index (χ1n) is 6.88. The summed E-state index contributed by atoms with van der Waals surface area (Å²) < 4.78 is 37.4. The minimum absolute atomic E-state index is 0.0136. The number of fused-ring (bicyclic) bond motifs is 1. The van der Waals surface area contributed by atoms with Crippen molar-refractivity contribution in [3.8, 4) is 0 Å². The SMILES string of the molecule is Cc1ccn(CCCNS(=O)(=O)c2c(Cl)ccc3nsnc23)n1. The molecule has 0 atom stereocenters. The summed E-state index contributed by atoms with van der Waals surface area (Å²) in [6.45, 7) is 2.82. The molecule has 0 saturated heterocycles. The van der Waals surface area contributed by atoms with Gasteiger partial charge >= 0.3 is 0 Å². The lowest BCUT2D eigenvalue weighted by Gasteiger charge is -2.08. The fourth-order valence-electron chi connectivity index (χ4n) is 2.17. The van der Waals surface area contributed by atoms with Gasteiger partial charge in [-0.25, -0.2) is 13.1 Å². The number of aromatic nitrogens is 4. The number of sulfonamides is 1. The lowest BCUT2D eigenvalue weighted by Crippen LogP contribution is -2.26. The van der Waals surface area contributed by atoms with E-state index in [1.165, 1.54) is 6.07 Å². The lowest BCUT2D eigenvalue weighted by atomic mass is 10.3. The predicted octanol–water partition coefficient (Wildman–Crippen LogP) is 2.22. The van der Waals surface area contributed by atoms with Crippen LogP contribution in [-0.2, 0) is 16.6 Å². The number of hydrogen-bond acceptors (Lipinski definition) is 6. The van der Waals surface area contributed by atoms with Crippen molar-refractivity contribution in [2.75, 3.05) is 6.54 Å². The molecule has 0 amide bonds. The van der Waals surface area contributed by atoms with E-state index in [-0.39, 0.29) is 16.5 Å². The summed E-state index contributed by atoms with van der Waals surface area (Å²) in [5.41, 5.74) is 1.75. The fraction of sp³-hybridized carbons (Fsp3) is 0.308. The van der Waals surface area contributed by atoms with Crippen molar-refractivity contribution in [2.45, 2.75) is 24.8 Å². The molecule has 0 unspecified atom stereocenters. The van der Waals surface area contributed by atoms with Gasteiger partial charge in [0, 0.05) is 19.3 Å². The molecule has 23 heavy (non-hydrogen) atoms. The molecule has 0 aliphatic heterocycles. The maximum atomic E-state index is 12.5. The number of hydrogen-bond donors (Lipinski definition) is 1. The summed E-state index contributed by atoms with van der Waals surface area (Å²) in [5, 5.41) is 4.39. The highest BCUT2D eigenvalue weighted by Gasteiger charge is 2.23. The van der Waals surface area contributed by atoms with Gasteiger partial charge in [0.05, 0.1) is 22.4 Å². The normalized spacial score (nSPS) is 12.1. The minimum Gasteiger partial charge on any atom is -0.272 e. The Labute approximate surface area is 142 Å². The molecule has 3 rings (SSSR count). The number of rotatable bonds is 6. The Kier molecular flexibility index (Phi) is 4.62. The molecule has 1 N–H and O–H groups in total. The van der Waals surface area contributed by atoms with E-state index in [1.807, 2.05) is 19.2 Å². The third-order valence-electron chi connectivity index (χ3n) is 3.23. The van der Waals surface area contributed by atoms with Crippen molar-refractivity contribution in [2.24, 2.45) is 0 Å². The van der Waals surface area contributed by atoms with Crippen molar-refractivity contribution in [3.63, 3.8) is 0 Å². The van der Waals surface area contributed by atoms with Crippen LogP contribution in [0.15, 0.2) is 29.3 Å². The summed E-state index contributed by atoms with van der Waals surface area (Å²) >= 11 is 7.02. The van der Waals surface area contributed by atoms with Gasteiger partial charge in [-0.3, -0.25) is 4.68 Å². The number of halogens is 1. The first-order valence-corrected chi connectivity index (χ1v) is 9.47. The van der Waals surface area contributed by atoms with Gasteiger partial charge < -0.3 is 0 Å². The van der Waals surface area contributed by atoms with E-state index in [0.29, 0.717) is 24.0 Å². The van der Waals surface area contributed by atoms with E-state index in [2.05, 4.69) is 18.6 Å². The van der Waals surface area contributed by atoms with Crippen molar-refractivity contribution in [1.29, 1.82) is 0 Å². The van der Waals surface area contributed by atoms with E-state index in [0.717, 1.165) is 17.4 Å². The third-order valence-corrected chi connectivity index (χ3v) is 5.74. The lowest BCUT2D eigenvalue weighted by molar-refractivity contribution is 0.551. The summed E-state index contributed by atoms with van der Waals surface area (Å²) in [6, 6.07) is 5.08. The molecule has 2 heterocycles. The first kappa shape index (κ1) is 16.3. The van der Waals surface area contributed by atoms with Crippen LogP contribution < -0.4 is 4.72 Å². The van der Waals surface area contributed by atoms with Gasteiger partial charge in [-0.15, -0.1) is 0 Å². The van der Waals surface area contributed by atoms with Crippen molar-refractivity contribution >= 4 is 44.4 Å². The van der Waals surface area contributed by atoms with Gasteiger partial charge in [-0.2, -0.15) is 13.8 Å². The second-order valence-corrected chi connectivity index (χ2v) is 7.62. The van der Waals surface area contributed by atoms with Crippen molar-refractivity contribution in [3.05, 3.63) is 35.1 Å². The van der Waals surface area contributed by atoms with Crippen LogP contribution in [0.2, 0.25) is 5.02 Å². The molecular formula is C13H14ClN5O2S2. The number of nitrogens with one attached hydrogen (secondary N) is 1. The number of benzene rings is 1. The maximum absolute atomic E-state index is 12.5. The van der Waals surface area contributed by atoms with Crippen LogP contribution in [0.5, 0.6) is 0 Å². The molecule has 0 radical (unpaired) electrons. The van der Waals surface area contributed by atoms with E-state index < -0.39 is 10.0 Å². The molecule has 0 bridgehead atoms. The van der Waals surface area contributed by atoms with Gasteiger partial charge in [-0.05, 0) is 31.5 Å². The molecule has 0 fully saturated rings. The summed E-state index contributed by atoms with van der Waals surface area (Å²) in [4.78, 5) is -0.0136. The van der Waals surface area contributed by atoms with E-state index in [9.17, 15) is 8.42 Å². The smallest absolute Gasteiger partial charge is 0.244 e. The van der Waals surface area contributed by atoms with Crippen LogP contribution in [0.1, 0.15) is 12.1 Å². The highest BCUT2D eigenvalue weighted by atomic mass is 35.5. The summed E-state index contributed by atoms with van der Waals surface area (Å²) in [7, 11) is -3.74. The van der Waals surface area contributed by atoms with Crippen LogP contribution in [-0.4, -0.2) is 33.5 Å². The molecule has 0 aliphatic rings. The zero-order chi connectivity index (χ0) is 16.4. The largest absolute Gasteiger partial charge is 0.272 e. The molecule has 3 aromatic rings. The zero-order valence-electron chi connectivity index (χ0n) is 12.2. The molecule has 2 aromatic heterocycles. The van der Waals surface area contributed by atoms with Crippen LogP contribution in [0, 0.1) is 6.92 Å². The van der Waals surface area contributed by atoms with Gasteiger partial charge in [0.1, 0.15) is 15.9 Å². The van der Waals surface area contributed by atoms with E-state index in [1.54, 1.807) is 10.7 Å². The standard InChI is InChI=1S/C13H14ClN5O2S2/c1-9-5-8-19(16-9)7-2-6-15-23(20,21)13-10(14)3-4-11-12(13)18-22-17-11/h3-5,8,15H,2,6-7H2,1H3. The topological polar surface area (TPSA) is 89.8 Å². The zero-order valence-corrected chi connectivity index (χ0v) is 14.6. The number of nitrogens with zero attached hydrogens (tertiary/aromatic N) is 4. The Balaban J connectivity index is 1.71.